The molecule has 0 saturated carbocycles. The van der Waals surface area contributed by atoms with Crippen molar-refractivity contribution in [3.63, 3.8) is 0 Å². The van der Waals surface area contributed by atoms with E-state index in [2.05, 4.69) is 15.6 Å². The molecule has 2 aromatic carbocycles. The van der Waals surface area contributed by atoms with Crippen LogP contribution in [0.5, 0.6) is 11.5 Å². The van der Waals surface area contributed by atoms with Crippen LogP contribution in [0, 0.1) is 5.82 Å². The highest BCUT2D eigenvalue weighted by atomic mass is 32.1. The zero-order chi connectivity index (χ0) is 24.5. The fourth-order valence-electron chi connectivity index (χ4n) is 3.11. The van der Waals surface area contributed by atoms with Crippen LogP contribution in [0.15, 0.2) is 47.8 Å². The first-order valence-electron chi connectivity index (χ1n) is 11.0. The lowest BCUT2D eigenvalue weighted by atomic mass is 10.2. The maximum absolute atomic E-state index is 13.9. The molecule has 34 heavy (non-hydrogen) atoms. The van der Waals surface area contributed by atoms with Crippen LogP contribution in [0.3, 0.4) is 0 Å². The number of carbonyl (C=O) groups excluding carboxylic acids is 1. The van der Waals surface area contributed by atoms with E-state index in [1.165, 1.54) is 17.4 Å². The molecule has 0 bridgehead atoms. The second kappa shape index (κ2) is 12.5. The largest absolute Gasteiger partial charge is 0.491 e. The molecule has 1 heterocycles. The molecule has 182 valence electrons. The monoisotopic (exact) mass is 487 g/mol. The molecule has 0 saturated heterocycles. The van der Waals surface area contributed by atoms with Crippen molar-refractivity contribution in [3.8, 4) is 11.5 Å². The van der Waals surface area contributed by atoms with Crippen molar-refractivity contribution in [2.75, 3.05) is 19.0 Å². The number of rotatable bonds is 12. The minimum absolute atomic E-state index is 0.0310. The number of methoxy groups -OCH3 is 1. The van der Waals surface area contributed by atoms with E-state index in [0.29, 0.717) is 40.9 Å². The fraction of sp³-hybridized carbons (Fsp3) is 0.360. The first-order valence-corrected chi connectivity index (χ1v) is 11.9. The van der Waals surface area contributed by atoms with Crippen LogP contribution in [0.4, 0.5) is 9.52 Å². The van der Waals surface area contributed by atoms with E-state index in [1.807, 2.05) is 26.2 Å². The van der Waals surface area contributed by atoms with Crippen LogP contribution < -0.4 is 20.1 Å². The molecule has 3 aromatic rings. The van der Waals surface area contributed by atoms with Gasteiger partial charge in [0.05, 0.1) is 18.4 Å². The number of benzene rings is 2. The number of aromatic nitrogens is 1. The Balaban J connectivity index is 1.70. The molecule has 0 spiro atoms. The highest BCUT2D eigenvalue weighted by Gasteiger charge is 2.14. The van der Waals surface area contributed by atoms with Crippen molar-refractivity contribution in [3.05, 3.63) is 70.5 Å². The first kappa shape index (κ1) is 25.6. The van der Waals surface area contributed by atoms with Crippen molar-refractivity contribution in [2.24, 2.45) is 0 Å². The van der Waals surface area contributed by atoms with E-state index in [-0.39, 0.29) is 30.5 Å². The molecule has 1 unspecified atom stereocenters. The molecule has 0 aliphatic heterocycles. The van der Waals surface area contributed by atoms with Crippen LogP contribution in [0.25, 0.3) is 0 Å². The summed E-state index contributed by atoms with van der Waals surface area (Å²) >= 11 is 1.35. The quantitative estimate of drug-likeness (QED) is 0.373. The van der Waals surface area contributed by atoms with Gasteiger partial charge in [-0.15, -0.1) is 11.3 Å². The third kappa shape index (κ3) is 7.79. The number of thiazole rings is 1. The molecule has 1 atom stereocenters. The highest BCUT2D eigenvalue weighted by Crippen LogP contribution is 2.26. The van der Waals surface area contributed by atoms with Gasteiger partial charge in [-0.05, 0) is 39.0 Å². The molecule has 0 aliphatic carbocycles. The van der Waals surface area contributed by atoms with Crippen molar-refractivity contribution in [1.82, 2.24) is 10.3 Å². The average molecular weight is 488 g/mol. The number of nitrogens with one attached hydrogen (secondary N) is 2. The van der Waals surface area contributed by atoms with Crippen molar-refractivity contribution < 1.29 is 23.4 Å². The Morgan fingerprint density at radius 1 is 1.15 bits per heavy atom. The van der Waals surface area contributed by atoms with Gasteiger partial charge in [-0.25, -0.2) is 9.37 Å². The van der Waals surface area contributed by atoms with Gasteiger partial charge in [0.2, 0.25) is 0 Å². The molecular formula is C25H30FN3O4S. The number of carbonyl (C=O) groups is 1. The van der Waals surface area contributed by atoms with Gasteiger partial charge in [0, 0.05) is 42.3 Å². The summed E-state index contributed by atoms with van der Waals surface area (Å²) in [5.74, 6) is 0.206. The molecule has 3 rings (SSSR count). The van der Waals surface area contributed by atoms with Crippen LogP contribution in [-0.2, 0) is 17.9 Å². The molecule has 7 nitrogen and oxygen atoms in total. The predicted octanol–water partition coefficient (Wildman–Crippen LogP) is 5.03. The van der Waals surface area contributed by atoms with Gasteiger partial charge in [-0.3, -0.25) is 10.1 Å². The zero-order valence-corrected chi connectivity index (χ0v) is 20.6. The number of hydrogen-bond donors (Lipinski definition) is 2. The number of nitrogens with zero attached hydrogens (tertiary/aromatic N) is 1. The van der Waals surface area contributed by atoms with Crippen molar-refractivity contribution >= 4 is 22.4 Å². The van der Waals surface area contributed by atoms with Gasteiger partial charge >= 0.3 is 0 Å². The Hall–Kier alpha value is -3.01. The summed E-state index contributed by atoms with van der Waals surface area (Å²) in [4.78, 5) is 17.4. The molecule has 1 aromatic heterocycles. The summed E-state index contributed by atoms with van der Waals surface area (Å²) in [6.07, 6.45) is -0.0905. The lowest BCUT2D eigenvalue weighted by Gasteiger charge is -2.14. The van der Waals surface area contributed by atoms with Gasteiger partial charge in [-0.2, -0.15) is 0 Å². The molecule has 9 heteroatoms. The first-order chi connectivity index (χ1) is 16.3. The van der Waals surface area contributed by atoms with E-state index in [9.17, 15) is 9.18 Å². The SMILES string of the molecule is COCC(C)NCc1csc(NC(=O)c2cc(OCc3ccccc3F)cc(OC(C)C)c2)n1. The Morgan fingerprint density at radius 3 is 2.65 bits per heavy atom. The predicted molar refractivity (Wildman–Crippen MR) is 131 cm³/mol. The number of amides is 1. The standard InChI is InChI=1S/C25H30FN3O4S/c1-16(2)33-22-10-19(9-21(11-22)32-14-18-7-5-6-8-23(18)26)24(30)29-25-28-20(15-34-25)12-27-17(3)13-31-4/h5-11,15-17,27H,12-14H2,1-4H3,(H,28,29,30). The van der Waals surface area contributed by atoms with Crippen molar-refractivity contribution in [2.45, 2.75) is 46.1 Å². The van der Waals surface area contributed by atoms with E-state index in [1.54, 1.807) is 43.5 Å². The number of ether oxygens (including phenoxy) is 3. The normalized spacial score (nSPS) is 11.9. The van der Waals surface area contributed by atoms with Crippen molar-refractivity contribution in [1.29, 1.82) is 0 Å². The van der Waals surface area contributed by atoms with E-state index in [0.717, 1.165) is 5.69 Å². The smallest absolute Gasteiger partial charge is 0.257 e. The van der Waals surface area contributed by atoms with Crippen LogP contribution in [-0.4, -0.2) is 36.8 Å². The summed E-state index contributed by atoms with van der Waals surface area (Å²) in [6, 6.07) is 11.5. The third-order valence-electron chi connectivity index (χ3n) is 4.69. The molecule has 0 aliphatic rings. The average Bonchev–Trinajstić information content (AvgIpc) is 3.24. The van der Waals surface area contributed by atoms with Gasteiger partial charge in [0.15, 0.2) is 5.13 Å². The summed E-state index contributed by atoms with van der Waals surface area (Å²) in [5.41, 5.74) is 1.60. The van der Waals surface area contributed by atoms with E-state index < -0.39 is 0 Å². The van der Waals surface area contributed by atoms with Gasteiger partial charge in [-0.1, -0.05) is 18.2 Å². The Kier molecular flexibility index (Phi) is 9.38. The second-order valence-electron chi connectivity index (χ2n) is 8.08. The van der Waals surface area contributed by atoms with Gasteiger partial charge in [0.1, 0.15) is 23.9 Å². The molecular weight excluding hydrogens is 457 g/mol. The second-order valence-corrected chi connectivity index (χ2v) is 8.93. The van der Waals surface area contributed by atoms with E-state index in [4.69, 9.17) is 14.2 Å². The summed E-state index contributed by atoms with van der Waals surface area (Å²) in [6.45, 7) is 7.02. The summed E-state index contributed by atoms with van der Waals surface area (Å²) in [7, 11) is 1.66. The zero-order valence-electron chi connectivity index (χ0n) is 19.8. The third-order valence-corrected chi connectivity index (χ3v) is 5.49. The number of hydrogen-bond acceptors (Lipinski definition) is 7. The van der Waals surface area contributed by atoms with Crippen LogP contribution in [0.1, 0.15) is 42.4 Å². The molecule has 0 radical (unpaired) electrons. The topological polar surface area (TPSA) is 81.7 Å². The summed E-state index contributed by atoms with van der Waals surface area (Å²) in [5, 5.41) is 8.52. The minimum Gasteiger partial charge on any atom is -0.491 e. The number of anilines is 1. The Bertz CT molecular complexity index is 1090. The van der Waals surface area contributed by atoms with E-state index >= 15 is 0 Å². The maximum Gasteiger partial charge on any atom is 0.257 e. The number of halogens is 1. The van der Waals surface area contributed by atoms with Crippen LogP contribution >= 0.6 is 11.3 Å². The van der Waals surface area contributed by atoms with Gasteiger partial charge < -0.3 is 19.5 Å². The lowest BCUT2D eigenvalue weighted by Crippen LogP contribution is -2.29. The Labute approximate surface area is 203 Å². The maximum atomic E-state index is 13.9. The van der Waals surface area contributed by atoms with Gasteiger partial charge in [0.25, 0.3) is 5.91 Å². The fourth-order valence-corrected chi connectivity index (χ4v) is 3.81. The van der Waals surface area contributed by atoms with Crippen LogP contribution in [0.2, 0.25) is 0 Å². The minimum atomic E-state index is -0.347. The molecule has 1 amide bonds. The molecule has 2 N–H and O–H groups in total. The molecule has 0 fully saturated rings. The highest BCUT2D eigenvalue weighted by molar-refractivity contribution is 7.14. The Morgan fingerprint density at radius 2 is 1.91 bits per heavy atom. The lowest BCUT2D eigenvalue weighted by molar-refractivity contribution is 0.102. The summed E-state index contributed by atoms with van der Waals surface area (Å²) < 4.78 is 30.6.